The molecular weight excluding hydrogens is 451 g/mol. The van der Waals surface area contributed by atoms with Gasteiger partial charge in [0.15, 0.2) is 11.0 Å². The summed E-state index contributed by atoms with van der Waals surface area (Å²) in [6, 6.07) is 20.0. The Morgan fingerprint density at radius 2 is 1.94 bits per heavy atom. The summed E-state index contributed by atoms with van der Waals surface area (Å²) >= 11 is 1.35. The molecule has 8 heteroatoms. The van der Waals surface area contributed by atoms with E-state index in [1.165, 1.54) is 23.9 Å². The van der Waals surface area contributed by atoms with E-state index in [4.69, 9.17) is 4.74 Å². The maximum absolute atomic E-state index is 13.5. The topological polar surface area (TPSA) is 69.0 Å². The number of hydrogen-bond acceptors (Lipinski definition) is 5. The number of thioether (sulfide) groups is 1. The molecule has 0 spiro atoms. The Kier molecular flexibility index (Phi) is 6.60. The van der Waals surface area contributed by atoms with E-state index in [0.29, 0.717) is 17.5 Å². The zero-order chi connectivity index (χ0) is 23.5. The zero-order valence-corrected chi connectivity index (χ0v) is 19.6. The zero-order valence-electron chi connectivity index (χ0n) is 18.8. The van der Waals surface area contributed by atoms with Crippen molar-refractivity contribution in [2.24, 2.45) is 0 Å². The highest BCUT2D eigenvalue weighted by Crippen LogP contribution is 2.30. The van der Waals surface area contributed by atoms with E-state index in [-0.39, 0.29) is 17.8 Å². The maximum Gasteiger partial charge on any atom is 0.237 e. The molecule has 174 valence electrons. The van der Waals surface area contributed by atoms with Gasteiger partial charge in [-0.25, -0.2) is 4.39 Å². The lowest BCUT2D eigenvalue weighted by atomic mass is 10.1. The van der Waals surface area contributed by atoms with Crippen molar-refractivity contribution in [2.45, 2.75) is 42.8 Å². The molecule has 1 fully saturated rings. The summed E-state index contributed by atoms with van der Waals surface area (Å²) < 4.78 is 21.3. The van der Waals surface area contributed by atoms with Crippen LogP contribution in [0.4, 0.5) is 10.1 Å². The largest absolute Gasteiger partial charge is 0.376 e. The number of nitrogens with one attached hydrogen (secondary N) is 1. The van der Waals surface area contributed by atoms with Crippen molar-refractivity contribution in [1.82, 2.24) is 14.8 Å². The minimum Gasteiger partial charge on any atom is -0.376 e. The van der Waals surface area contributed by atoms with Crippen LogP contribution in [0.2, 0.25) is 0 Å². The number of ether oxygens (including phenoxy) is 1. The molecule has 1 amide bonds. The lowest BCUT2D eigenvalue weighted by Gasteiger charge is -2.17. The summed E-state index contributed by atoms with van der Waals surface area (Å²) in [4.78, 5) is 13.1. The molecule has 1 N–H and O–H groups in total. The molecule has 0 aliphatic carbocycles. The first-order chi connectivity index (χ1) is 16.6. The number of halogens is 1. The second-order valence-electron chi connectivity index (χ2n) is 8.33. The fourth-order valence-corrected chi connectivity index (χ4v) is 4.98. The van der Waals surface area contributed by atoms with Crippen LogP contribution in [0.5, 0.6) is 0 Å². The average Bonchev–Trinajstić information content (AvgIpc) is 3.51. The normalized spacial score (nSPS) is 16.6. The van der Waals surface area contributed by atoms with Crippen LogP contribution in [0.1, 0.15) is 19.8 Å². The van der Waals surface area contributed by atoms with Gasteiger partial charge in [-0.2, -0.15) is 0 Å². The number of nitrogens with zero attached hydrogens (tertiary/aromatic N) is 3. The van der Waals surface area contributed by atoms with E-state index in [1.54, 1.807) is 12.1 Å². The van der Waals surface area contributed by atoms with Crippen LogP contribution in [0, 0.1) is 5.82 Å². The van der Waals surface area contributed by atoms with Crippen molar-refractivity contribution < 1.29 is 13.9 Å². The molecule has 1 saturated heterocycles. The number of fused-ring (bicyclic) bond motifs is 1. The average molecular weight is 477 g/mol. The molecule has 2 atom stereocenters. The fourth-order valence-electron chi connectivity index (χ4n) is 4.13. The Labute approximate surface area is 201 Å². The molecule has 2 heterocycles. The number of aromatic nitrogens is 3. The van der Waals surface area contributed by atoms with Crippen LogP contribution in [0.25, 0.3) is 22.2 Å². The molecule has 2 unspecified atom stereocenters. The molecule has 0 saturated carbocycles. The molecule has 4 aromatic rings. The van der Waals surface area contributed by atoms with Gasteiger partial charge in [0.2, 0.25) is 5.91 Å². The van der Waals surface area contributed by atoms with Gasteiger partial charge in [0.05, 0.1) is 17.9 Å². The summed E-state index contributed by atoms with van der Waals surface area (Å²) in [6.45, 7) is 3.18. The fraction of sp³-hybridized carbons (Fsp3) is 0.269. The van der Waals surface area contributed by atoms with Crippen molar-refractivity contribution in [3.05, 3.63) is 72.5 Å². The van der Waals surface area contributed by atoms with E-state index < -0.39 is 5.25 Å². The summed E-state index contributed by atoms with van der Waals surface area (Å²) in [7, 11) is 0. The number of anilines is 1. The third kappa shape index (κ3) is 4.83. The number of amides is 1. The van der Waals surface area contributed by atoms with Gasteiger partial charge in [-0.3, -0.25) is 9.36 Å². The predicted molar refractivity (Wildman–Crippen MR) is 132 cm³/mol. The van der Waals surface area contributed by atoms with Gasteiger partial charge in [0.25, 0.3) is 0 Å². The lowest BCUT2D eigenvalue weighted by Crippen LogP contribution is -2.23. The van der Waals surface area contributed by atoms with Gasteiger partial charge in [-0.15, -0.1) is 10.2 Å². The smallest absolute Gasteiger partial charge is 0.237 e. The number of rotatable bonds is 7. The lowest BCUT2D eigenvalue weighted by molar-refractivity contribution is -0.115. The second kappa shape index (κ2) is 9.95. The first-order valence-corrected chi connectivity index (χ1v) is 12.2. The van der Waals surface area contributed by atoms with Gasteiger partial charge in [-0.1, -0.05) is 48.2 Å². The highest BCUT2D eigenvalue weighted by molar-refractivity contribution is 8.00. The van der Waals surface area contributed by atoms with Crippen molar-refractivity contribution in [1.29, 1.82) is 0 Å². The molecule has 1 aliphatic heterocycles. The molecule has 6 nitrogen and oxygen atoms in total. The number of hydrogen-bond donors (Lipinski definition) is 1. The van der Waals surface area contributed by atoms with Crippen molar-refractivity contribution in [2.75, 3.05) is 11.9 Å². The summed E-state index contributed by atoms with van der Waals surface area (Å²) in [5, 5.41) is 14.1. The van der Waals surface area contributed by atoms with E-state index in [0.717, 1.165) is 41.5 Å². The molecule has 34 heavy (non-hydrogen) atoms. The molecule has 0 bridgehead atoms. The Morgan fingerprint density at radius 1 is 1.15 bits per heavy atom. The third-order valence-corrected chi connectivity index (χ3v) is 7.01. The van der Waals surface area contributed by atoms with Gasteiger partial charge in [0.1, 0.15) is 5.82 Å². The highest BCUT2D eigenvalue weighted by Gasteiger charge is 2.25. The minimum absolute atomic E-state index is 0.0642. The first-order valence-electron chi connectivity index (χ1n) is 11.3. The van der Waals surface area contributed by atoms with E-state index in [2.05, 4.69) is 15.5 Å². The van der Waals surface area contributed by atoms with Crippen molar-refractivity contribution >= 4 is 34.1 Å². The van der Waals surface area contributed by atoms with Crippen LogP contribution in [0.3, 0.4) is 0 Å². The monoisotopic (exact) mass is 476 g/mol. The van der Waals surface area contributed by atoms with E-state index in [9.17, 15) is 9.18 Å². The van der Waals surface area contributed by atoms with Crippen LogP contribution >= 0.6 is 11.8 Å². The van der Waals surface area contributed by atoms with E-state index >= 15 is 0 Å². The summed E-state index contributed by atoms with van der Waals surface area (Å²) in [5.41, 5.74) is 1.55. The SMILES string of the molecule is CC(Sc1nnc(-c2ccc(F)cc2)n1CC1CCCO1)C(=O)Nc1cccc2ccccc12. The van der Waals surface area contributed by atoms with Crippen LogP contribution in [-0.2, 0) is 16.1 Å². The maximum atomic E-state index is 13.5. The molecule has 1 aliphatic rings. The van der Waals surface area contributed by atoms with Crippen LogP contribution < -0.4 is 5.32 Å². The van der Waals surface area contributed by atoms with Crippen molar-refractivity contribution in [3.8, 4) is 11.4 Å². The molecular formula is C26H25FN4O2S. The molecule has 3 aromatic carbocycles. The Hall–Kier alpha value is -3.23. The number of carbonyl (C=O) groups excluding carboxylic acids is 1. The van der Waals surface area contributed by atoms with Gasteiger partial charge < -0.3 is 10.1 Å². The Balaban J connectivity index is 1.38. The molecule has 1 aromatic heterocycles. The van der Waals surface area contributed by atoms with E-state index in [1.807, 2.05) is 54.0 Å². The number of carbonyl (C=O) groups is 1. The van der Waals surface area contributed by atoms with Crippen LogP contribution in [-0.4, -0.2) is 38.6 Å². The second-order valence-corrected chi connectivity index (χ2v) is 9.64. The number of benzene rings is 3. The molecule has 0 radical (unpaired) electrons. The Morgan fingerprint density at radius 3 is 2.74 bits per heavy atom. The van der Waals surface area contributed by atoms with Gasteiger partial charge in [-0.05, 0) is 55.5 Å². The third-order valence-electron chi connectivity index (χ3n) is 5.93. The quantitative estimate of drug-likeness (QED) is 0.355. The molecule has 5 rings (SSSR count). The summed E-state index contributed by atoms with van der Waals surface area (Å²) in [5.74, 6) is 0.221. The van der Waals surface area contributed by atoms with Gasteiger partial charge in [0, 0.05) is 23.2 Å². The Bertz CT molecular complexity index is 1300. The predicted octanol–water partition coefficient (Wildman–Crippen LogP) is 5.54. The van der Waals surface area contributed by atoms with Crippen molar-refractivity contribution in [3.63, 3.8) is 0 Å². The minimum atomic E-state index is -0.410. The highest BCUT2D eigenvalue weighted by atomic mass is 32.2. The standard InChI is InChI=1S/C26H25FN4O2S/c1-17(25(32)28-23-10-4-7-18-6-2-3-9-22(18)23)34-26-30-29-24(19-11-13-20(27)14-12-19)31(26)16-21-8-5-15-33-21/h2-4,6-7,9-14,17,21H,5,8,15-16H2,1H3,(H,28,32). The first kappa shape index (κ1) is 22.6. The van der Waals surface area contributed by atoms with Crippen LogP contribution in [0.15, 0.2) is 71.9 Å². The summed E-state index contributed by atoms with van der Waals surface area (Å²) in [6.07, 6.45) is 2.04. The van der Waals surface area contributed by atoms with Gasteiger partial charge >= 0.3 is 0 Å².